The number of benzene rings is 1. The molecule has 0 spiro atoms. The standard InChI is InChI=1S/C16H18N4O5S/c1-12-4-5-13(20(21)22)9-15(12)26(23,24)19-8-2-3-14(11-19)25-16-10-17-6-7-18-16/h4-7,9-10,14H,2-3,8,11H2,1H3. The van der Waals surface area contributed by atoms with E-state index in [0.717, 1.165) is 6.07 Å². The number of ether oxygens (including phenoxy) is 1. The average Bonchev–Trinajstić information content (AvgIpc) is 2.63. The Labute approximate surface area is 150 Å². The zero-order valence-electron chi connectivity index (χ0n) is 14.1. The lowest BCUT2D eigenvalue weighted by Gasteiger charge is -2.32. The van der Waals surface area contributed by atoms with Crippen LogP contribution in [0, 0.1) is 17.0 Å². The molecule has 1 saturated heterocycles. The van der Waals surface area contributed by atoms with Crippen LogP contribution in [0.2, 0.25) is 0 Å². The predicted octanol–water partition coefficient (Wildman–Crippen LogP) is 1.93. The molecule has 10 heteroatoms. The van der Waals surface area contributed by atoms with Gasteiger partial charge in [0.15, 0.2) is 0 Å². The van der Waals surface area contributed by atoms with Crippen molar-refractivity contribution in [3.05, 3.63) is 52.5 Å². The molecule has 0 amide bonds. The number of hydrogen-bond donors (Lipinski definition) is 0. The van der Waals surface area contributed by atoms with Gasteiger partial charge >= 0.3 is 0 Å². The van der Waals surface area contributed by atoms with E-state index in [1.807, 2.05) is 0 Å². The van der Waals surface area contributed by atoms with Gasteiger partial charge in [-0.3, -0.25) is 15.1 Å². The van der Waals surface area contributed by atoms with Crippen LogP contribution in [0.1, 0.15) is 18.4 Å². The molecular weight excluding hydrogens is 360 g/mol. The van der Waals surface area contributed by atoms with E-state index in [4.69, 9.17) is 4.74 Å². The smallest absolute Gasteiger partial charge is 0.270 e. The van der Waals surface area contributed by atoms with E-state index < -0.39 is 14.9 Å². The van der Waals surface area contributed by atoms with Crippen LogP contribution < -0.4 is 4.74 Å². The molecule has 0 bridgehead atoms. The van der Waals surface area contributed by atoms with Crippen LogP contribution >= 0.6 is 0 Å². The molecule has 0 saturated carbocycles. The highest BCUT2D eigenvalue weighted by atomic mass is 32.2. The fourth-order valence-corrected chi connectivity index (χ4v) is 4.61. The fourth-order valence-electron chi connectivity index (χ4n) is 2.86. The highest BCUT2D eigenvalue weighted by Gasteiger charge is 2.33. The lowest BCUT2D eigenvalue weighted by Crippen LogP contribution is -2.44. The van der Waals surface area contributed by atoms with E-state index in [9.17, 15) is 18.5 Å². The van der Waals surface area contributed by atoms with Crippen LogP contribution in [0.3, 0.4) is 0 Å². The van der Waals surface area contributed by atoms with Crippen molar-refractivity contribution in [2.75, 3.05) is 13.1 Å². The van der Waals surface area contributed by atoms with Gasteiger partial charge < -0.3 is 4.74 Å². The largest absolute Gasteiger partial charge is 0.472 e. The minimum absolute atomic E-state index is 0.0492. The van der Waals surface area contributed by atoms with Crippen LogP contribution in [-0.2, 0) is 10.0 Å². The van der Waals surface area contributed by atoms with E-state index in [1.165, 1.54) is 35.0 Å². The molecule has 0 radical (unpaired) electrons. The summed E-state index contributed by atoms with van der Waals surface area (Å²) in [6.07, 6.45) is 5.45. The molecule has 1 atom stereocenters. The van der Waals surface area contributed by atoms with Crippen molar-refractivity contribution in [1.82, 2.24) is 14.3 Å². The molecule has 1 aliphatic heterocycles. The number of hydrogen-bond acceptors (Lipinski definition) is 7. The Balaban J connectivity index is 1.83. The first-order chi connectivity index (χ1) is 12.4. The molecule has 1 aromatic heterocycles. The number of sulfonamides is 1. The zero-order chi connectivity index (χ0) is 18.7. The zero-order valence-corrected chi connectivity index (χ0v) is 14.9. The van der Waals surface area contributed by atoms with Gasteiger partial charge in [0.1, 0.15) is 6.10 Å². The third kappa shape index (κ3) is 3.81. The summed E-state index contributed by atoms with van der Waals surface area (Å²) >= 11 is 0. The van der Waals surface area contributed by atoms with E-state index in [1.54, 1.807) is 6.92 Å². The fraction of sp³-hybridized carbons (Fsp3) is 0.375. The third-order valence-corrected chi connectivity index (χ3v) is 6.18. The maximum atomic E-state index is 13.0. The quantitative estimate of drug-likeness (QED) is 0.576. The van der Waals surface area contributed by atoms with E-state index >= 15 is 0 Å². The van der Waals surface area contributed by atoms with Crippen molar-refractivity contribution in [2.24, 2.45) is 0 Å². The van der Waals surface area contributed by atoms with Crippen LogP contribution in [0.4, 0.5) is 5.69 Å². The Morgan fingerprint density at radius 1 is 1.35 bits per heavy atom. The molecule has 1 aromatic carbocycles. The molecule has 138 valence electrons. The molecule has 3 rings (SSSR count). The van der Waals surface area contributed by atoms with Crippen molar-refractivity contribution in [3.8, 4) is 5.88 Å². The number of rotatable bonds is 5. The summed E-state index contributed by atoms with van der Waals surface area (Å²) in [4.78, 5) is 18.3. The van der Waals surface area contributed by atoms with Crippen LogP contribution in [0.15, 0.2) is 41.7 Å². The molecule has 2 heterocycles. The molecule has 1 aliphatic rings. The molecular formula is C16H18N4O5S. The number of piperidine rings is 1. The predicted molar refractivity (Wildman–Crippen MR) is 92.3 cm³/mol. The van der Waals surface area contributed by atoms with Gasteiger partial charge in [-0.05, 0) is 25.3 Å². The second-order valence-electron chi connectivity index (χ2n) is 6.00. The maximum Gasteiger partial charge on any atom is 0.270 e. The topological polar surface area (TPSA) is 116 Å². The van der Waals surface area contributed by atoms with Crippen molar-refractivity contribution in [2.45, 2.75) is 30.8 Å². The molecule has 0 aliphatic carbocycles. The molecule has 2 aromatic rings. The van der Waals surface area contributed by atoms with Crippen LogP contribution in [-0.4, -0.2) is 46.8 Å². The molecule has 1 fully saturated rings. The average molecular weight is 378 g/mol. The minimum atomic E-state index is -3.86. The van der Waals surface area contributed by atoms with Gasteiger partial charge in [0.05, 0.1) is 22.6 Å². The molecule has 0 N–H and O–H groups in total. The van der Waals surface area contributed by atoms with Crippen molar-refractivity contribution in [3.63, 3.8) is 0 Å². The highest BCUT2D eigenvalue weighted by Crippen LogP contribution is 2.27. The molecule has 26 heavy (non-hydrogen) atoms. The normalized spacial score (nSPS) is 18.4. The van der Waals surface area contributed by atoms with Crippen LogP contribution in [0.25, 0.3) is 0 Å². The first kappa shape index (κ1) is 18.2. The van der Waals surface area contributed by atoms with Gasteiger partial charge in [0.25, 0.3) is 5.69 Å². The van der Waals surface area contributed by atoms with Gasteiger partial charge in [-0.1, -0.05) is 6.07 Å². The summed E-state index contributed by atoms with van der Waals surface area (Å²) in [6.45, 7) is 2.11. The number of non-ortho nitro benzene ring substituents is 1. The van der Waals surface area contributed by atoms with Gasteiger partial charge in [-0.15, -0.1) is 0 Å². The second-order valence-corrected chi connectivity index (χ2v) is 7.90. The van der Waals surface area contributed by atoms with Crippen molar-refractivity contribution >= 4 is 15.7 Å². The number of nitrogens with zero attached hydrogens (tertiary/aromatic N) is 4. The Bertz CT molecular complexity index is 904. The van der Waals surface area contributed by atoms with Gasteiger partial charge in [0.2, 0.25) is 15.9 Å². The number of nitro benzene ring substituents is 1. The van der Waals surface area contributed by atoms with Gasteiger partial charge in [0, 0.05) is 31.1 Å². The van der Waals surface area contributed by atoms with E-state index in [0.29, 0.717) is 30.8 Å². The lowest BCUT2D eigenvalue weighted by atomic mass is 10.1. The molecule has 9 nitrogen and oxygen atoms in total. The Hall–Kier alpha value is -2.59. The number of aryl methyl sites for hydroxylation is 1. The summed E-state index contributed by atoms with van der Waals surface area (Å²) in [5, 5.41) is 11.0. The number of nitro groups is 1. The summed E-state index contributed by atoms with van der Waals surface area (Å²) < 4.78 is 33.0. The maximum absolute atomic E-state index is 13.0. The third-order valence-electron chi connectivity index (χ3n) is 4.17. The number of aromatic nitrogens is 2. The first-order valence-corrected chi connectivity index (χ1v) is 9.50. The summed E-state index contributed by atoms with van der Waals surface area (Å²) in [7, 11) is -3.86. The van der Waals surface area contributed by atoms with Crippen molar-refractivity contribution in [1.29, 1.82) is 0 Å². The first-order valence-electron chi connectivity index (χ1n) is 8.06. The second kappa shape index (κ2) is 7.34. The van der Waals surface area contributed by atoms with Gasteiger partial charge in [-0.25, -0.2) is 13.4 Å². The summed E-state index contributed by atoms with van der Waals surface area (Å²) in [5.74, 6) is 0.336. The van der Waals surface area contributed by atoms with Gasteiger partial charge in [-0.2, -0.15) is 4.31 Å². The Morgan fingerprint density at radius 2 is 2.15 bits per heavy atom. The SMILES string of the molecule is Cc1ccc([N+](=O)[O-])cc1S(=O)(=O)N1CCCC(Oc2cnccn2)C1. The summed E-state index contributed by atoms with van der Waals surface area (Å²) in [6, 6.07) is 3.85. The lowest BCUT2D eigenvalue weighted by molar-refractivity contribution is -0.385. The monoisotopic (exact) mass is 378 g/mol. The van der Waals surface area contributed by atoms with Crippen LogP contribution in [0.5, 0.6) is 5.88 Å². The summed E-state index contributed by atoms with van der Waals surface area (Å²) in [5.41, 5.74) is 0.214. The van der Waals surface area contributed by atoms with E-state index in [2.05, 4.69) is 9.97 Å². The minimum Gasteiger partial charge on any atom is -0.472 e. The van der Waals surface area contributed by atoms with E-state index in [-0.39, 0.29) is 23.2 Å². The Kier molecular flexibility index (Phi) is 5.14. The van der Waals surface area contributed by atoms with Crippen molar-refractivity contribution < 1.29 is 18.1 Å². The molecule has 1 unspecified atom stereocenters. The highest BCUT2D eigenvalue weighted by molar-refractivity contribution is 7.89. The Morgan fingerprint density at radius 3 is 2.85 bits per heavy atom.